The topological polar surface area (TPSA) is 67.4 Å². The van der Waals surface area contributed by atoms with Gasteiger partial charge in [-0.2, -0.15) is 0 Å². The van der Waals surface area contributed by atoms with Crippen molar-refractivity contribution in [3.05, 3.63) is 54.3 Å². The monoisotopic (exact) mass is 376 g/mol. The number of rotatable bonds is 8. The Kier molecular flexibility index (Phi) is 7.47. The van der Waals surface area contributed by atoms with Crippen molar-refractivity contribution >= 4 is 35.0 Å². The average Bonchev–Trinajstić information content (AvgIpc) is 2.63. The lowest BCUT2D eigenvalue weighted by Gasteiger charge is -2.13. The van der Waals surface area contributed by atoms with Gasteiger partial charge in [0.25, 0.3) is 0 Å². The highest BCUT2D eigenvalue weighted by Crippen LogP contribution is 2.24. The van der Waals surface area contributed by atoms with Gasteiger partial charge in [-0.25, -0.2) is 4.39 Å². The summed E-state index contributed by atoms with van der Waals surface area (Å²) < 4.78 is 18.3. The highest BCUT2D eigenvalue weighted by Gasteiger charge is 2.16. The van der Waals surface area contributed by atoms with Crippen molar-refractivity contribution in [1.29, 1.82) is 0 Å². The number of thioether (sulfide) groups is 1. The summed E-state index contributed by atoms with van der Waals surface area (Å²) in [5, 5.41) is 5.04. The van der Waals surface area contributed by atoms with Gasteiger partial charge in [-0.3, -0.25) is 9.59 Å². The minimum Gasteiger partial charge on any atom is -0.492 e. The Balaban J connectivity index is 1.82. The van der Waals surface area contributed by atoms with Gasteiger partial charge in [-0.05, 0) is 50.2 Å². The highest BCUT2D eigenvalue weighted by atomic mass is 32.2. The summed E-state index contributed by atoms with van der Waals surface area (Å²) in [5.41, 5.74) is 1.11. The molecule has 5 nitrogen and oxygen atoms in total. The first kappa shape index (κ1) is 19.8. The molecule has 0 aliphatic heterocycles. The molecule has 2 N–H and O–H groups in total. The fourth-order valence-corrected chi connectivity index (χ4v) is 2.77. The van der Waals surface area contributed by atoms with Crippen LogP contribution in [-0.4, -0.2) is 29.4 Å². The number of hydrogen-bond acceptors (Lipinski definition) is 4. The third-order valence-corrected chi connectivity index (χ3v) is 4.55. The molecule has 0 heterocycles. The second-order valence-corrected chi connectivity index (χ2v) is 6.76. The fourth-order valence-electron chi connectivity index (χ4n) is 2.09. The zero-order chi connectivity index (χ0) is 18.9. The molecule has 0 spiro atoms. The first-order chi connectivity index (χ1) is 12.5. The Bertz CT molecular complexity index is 753. The van der Waals surface area contributed by atoms with Crippen molar-refractivity contribution in [2.24, 2.45) is 0 Å². The Labute approximate surface area is 156 Å². The van der Waals surface area contributed by atoms with E-state index in [2.05, 4.69) is 10.6 Å². The lowest BCUT2D eigenvalue weighted by molar-refractivity contribution is -0.115. The van der Waals surface area contributed by atoms with E-state index in [1.54, 1.807) is 19.1 Å². The maximum atomic E-state index is 12.9. The molecule has 2 rings (SSSR count). The largest absolute Gasteiger partial charge is 0.492 e. The normalized spacial score (nSPS) is 11.5. The Hall–Kier alpha value is -2.54. The zero-order valence-electron chi connectivity index (χ0n) is 14.6. The molecule has 0 unspecified atom stereocenters. The van der Waals surface area contributed by atoms with E-state index < -0.39 is 5.25 Å². The maximum absolute atomic E-state index is 12.9. The molecule has 26 heavy (non-hydrogen) atoms. The number of para-hydroxylation sites is 2. The molecule has 0 saturated heterocycles. The number of ether oxygens (including phenoxy) is 1. The molecular formula is C19H21FN2O3S. The van der Waals surface area contributed by atoms with Crippen molar-refractivity contribution in [2.45, 2.75) is 19.1 Å². The van der Waals surface area contributed by atoms with Gasteiger partial charge in [0.1, 0.15) is 11.6 Å². The molecule has 0 aliphatic carbocycles. The van der Waals surface area contributed by atoms with E-state index in [0.717, 1.165) is 0 Å². The molecule has 138 valence electrons. The van der Waals surface area contributed by atoms with Crippen LogP contribution in [0.5, 0.6) is 5.75 Å². The molecule has 0 aliphatic rings. The lowest BCUT2D eigenvalue weighted by Crippen LogP contribution is -2.25. The number of benzene rings is 2. The quantitative estimate of drug-likeness (QED) is 0.733. The molecule has 0 saturated carbocycles. The van der Waals surface area contributed by atoms with E-state index in [1.165, 1.54) is 36.0 Å². The van der Waals surface area contributed by atoms with Crippen molar-refractivity contribution in [3.63, 3.8) is 0 Å². The van der Waals surface area contributed by atoms with Crippen LogP contribution in [0.4, 0.5) is 15.8 Å². The van der Waals surface area contributed by atoms with Gasteiger partial charge in [0.05, 0.1) is 23.3 Å². The first-order valence-electron chi connectivity index (χ1n) is 8.19. The minimum atomic E-state index is -0.437. The smallest absolute Gasteiger partial charge is 0.237 e. The summed E-state index contributed by atoms with van der Waals surface area (Å²) in [7, 11) is 0. The van der Waals surface area contributed by atoms with Crippen LogP contribution >= 0.6 is 11.8 Å². The van der Waals surface area contributed by atoms with Gasteiger partial charge in [-0.15, -0.1) is 11.8 Å². The molecule has 2 aromatic rings. The zero-order valence-corrected chi connectivity index (χ0v) is 15.4. The Morgan fingerprint density at radius 1 is 1.12 bits per heavy atom. The van der Waals surface area contributed by atoms with Crippen LogP contribution in [0, 0.1) is 5.82 Å². The van der Waals surface area contributed by atoms with Gasteiger partial charge in [-0.1, -0.05) is 12.1 Å². The van der Waals surface area contributed by atoms with Gasteiger partial charge < -0.3 is 15.4 Å². The Morgan fingerprint density at radius 2 is 1.81 bits per heavy atom. The molecule has 7 heteroatoms. The van der Waals surface area contributed by atoms with Crippen molar-refractivity contribution in [3.8, 4) is 5.75 Å². The van der Waals surface area contributed by atoms with Crippen LogP contribution in [0.25, 0.3) is 0 Å². The van der Waals surface area contributed by atoms with Gasteiger partial charge >= 0.3 is 0 Å². The van der Waals surface area contributed by atoms with E-state index in [9.17, 15) is 14.0 Å². The third-order valence-electron chi connectivity index (χ3n) is 3.41. The number of anilines is 2. The predicted octanol–water partition coefficient (Wildman–Crippen LogP) is 3.92. The molecule has 0 aromatic heterocycles. The van der Waals surface area contributed by atoms with Crippen molar-refractivity contribution in [2.75, 3.05) is 23.0 Å². The van der Waals surface area contributed by atoms with E-state index >= 15 is 0 Å². The van der Waals surface area contributed by atoms with E-state index in [4.69, 9.17) is 4.74 Å². The number of halogens is 1. The lowest BCUT2D eigenvalue weighted by atomic mass is 10.3. The minimum absolute atomic E-state index is 0.123. The van der Waals surface area contributed by atoms with Gasteiger partial charge in [0.2, 0.25) is 11.8 Å². The number of hydrogen-bond donors (Lipinski definition) is 2. The molecular weight excluding hydrogens is 355 g/mol. The summed E-state index contributed by atoms with van der Waals surface area (Å²) in [6, 6.07) is 12.7. The molecule has 0 fully saturated rings. The number of carbonyl (C=O) groups excluding carboxylic acids is 2. The maximum Gasteiger partial charge on any atom is 0.237 e. The second kappa shape index (κ2) is 9.82. The molecule has 0 bridgehead atoms. The van der Waals surface area contributed by atoms with Crippen LogP contribution in [0.3, 0.4) is 0 Å². The summed E-state index contributed by atoms with van der Waals surface area (Å²) >= 11 is 1.21. The first-order valence-corrected chi connectivity index (χ1v) is 9.24. The van der Waals surface area contributed by atoms with Crippen LogP contribution in [0.2, 0.25) is 0 Å². The average molecular weight is 376 g/mol. The summed E-state index contributed by atoms with van der Waals surface area (Å²) in [6.07, 6.45) is 0. The van der Waals surface area contributed by atoms with Crippen LogP contribution in [-0.2, 0) is 9.59 Å². The molecule has 2 amide bonds. The van der Waals surface area contributed by atoms with Crippen LogP contribution in [0.1, 0.15) is 13.8 Å². The number of nitrogens with one attached hydrogen (secondary N) is 2. The molecule has 1 atom stereocenters. The predicted molar refractivity (Wildman–Crippen MR) is 103 cm³/mol. The summed E-state index contributed by atoms with van der Waals surface area (Å²) in [6.45, 7) is 4.09. The second-order valence-electron chi connectivity index (χ2n) is 5.43. The number of carbonyl (C=O) groups is 2. The molecule has 2 aromatic carbocycles. The highest BCUT2D eigenvalue weighted by molar-refractivity contribution is 8.01. The third kappa shape index (κ3) is 6.07. The van der Waals surface area contributed by atoms with E-state index in [1.807, 2.05) is 19.1 Å². The SMILES string of the molecule is CCOc1ccccc1NC(=O)CS[C@@H](C)C(=O)Nc1ccc(F)cc1. The van der Waals surface area contributed by atoms with Crippen LogP contribution in [0.15, 0.2) is 48.5 Å². The van der Waals surface area contributed by atoms with Crippen LogP contribution < -0.4 is 15.4 Å². The summed E-state index contributed by atoms with van der Waals surface area (Å²) in [4.78, 5) is 24.3. The summed E-state index contributed by atoms with van der Waals surface area (Å²) in [5.74, 6) is -0.101. The molecule has 0 radical (unpaired) electrons. The van der Waals surface area contributed by atoms with Gasteiger partial charge in [0, 0.05) is 5.69 Å². The van der Waals surface area contributed by atoms with Crippen molar-refractivity contribution in [1.82, 2.24) is 0 Å². The van der Waals surface area contributed by atoms with E-state index in [-0.39, 0.29) is 23.4 Å². The van der Waals surface area contributed by atoms with Gasteiger partial charge in [0.15, 0.2) is 0 Å². The fraction of sp³-hybridized carbons (Fsp3) is 0.263. The standard InChI is InChI=1S/C19H21FN2O3S/c1-3-25-17-7-5-4-6-16(17)22-18(23)12-26-13(2)19(24)21-15-10-8-14(20)9-11-15/h4-11,13H,3,12H2,1-2H3,(H,21,24)(H,22,23)/t13-/m0/s1. The van der Waals surface area contributed by atoms with Crippen molar-refractivity contribution < 1.29 is 18.7 Å². The van der Waals surface area contributed by atoms with E-state index in [0.29, 0.717) is 23.7 Å². The number of amides is 2. The Morgan fingerprint density at radius 3 is 2.50 bits per heavy atom.